The van der Waals surface area contributed by atoms with Crippen LogP contribution in [0.4, 0.5) is 13.2 Å². The second-order valence-corrected chi connectivity index (χ2v) is 8.77. The zero-order chi connectivity index (χ0) is 21.0. The standard InChI is InChI=1S/C20H25F3N6/c1-12-8-16(20(21,22)23)29-17(25-12)9-14(27-29)15-6-5-7-28(15)11-13-10-24-26-18(13)19(2,3)4/h8-10,15H,5-7,11H2,1-4H3,(H,24,26). The van der Waals surface area contributed by atoms with Crippen LogP contribution in [0.5, 0.6) is 0 Å². The highest BCUT2D eigenvalue weighted by Gasteiger charge is 2.36. The van der Waals surface area contributed by atoms with Gasteiger partial charge < -0.3 is 0 Å². The lowest BCUT2D eigenvalue weighted by atomic mass is 9.89. The summed E-state index contributed by atoms with van der Waals surface area (Å²) in [6, 6.07) is 2.68. The number of nitrogens with zero attached hydrogens (tertiary/aromatic N) is 5. The van der Waals surface area contributed by atoms with Crippen LogP contribution >= 0.6 is 0 Å². The number of hydrogen-bond acceptors (Lipinski definition) is 4. The molecule has 29 heavy (non-hydrogen) atoms. The Morgan fingerprint density at radius 3 is 2.66 bits per heavy atom. The second-order valence-electron chi connectivity index (χ2n) is 8.77. The first-order valence-electron chi connectivity index (χ1n) is 9.75. The van der Waals surface area contributed by atoms with E-state index in [0.29, 0.717) is 17.9 Å². The van der Waals surface area contributed by atoms with Gasteiger partial charge in [0, 0.05) is 35.0 Å². The van der Waals surface area contributed by atoms with Crippen LogP contribution in [0.15, 0.2) is 18.3 Å². The molecule has 3 aromatic heterocycles. The van der Waals surface area contributed by atoms with Gasteiger partial charge in [-0.1, -0.05) is 20.8 Å². The van der Waals surface area contributed by atoms with Gasteiger partial charge in [0.05, 0.1) is 17.9 Å². The van der Waals surface area contributed by atoms with Gasteiger partial charge in [0.25, 0.3) is 0 Å². The van der Waals surface area contributed by atoms with Crippen LogP contribution in [-0.4, -0.2) is 36.2 Å². The first kappa shape index (κ1) is 19.9. The predicted octanol–water partition coefficient (Wildman–Crippen LogP) is 4.41. The average molecular weight is 406 g/mol. The summed E-state index contributed by atoms with van der Waals surface area (Å²) in [5, 5.41) is 11.6. The van der Waals surface area contributed by atoms with E-state index >= 15 is 0 Å². The molecule has 156 valence electrons. The number of aryl methyl sites for hydroxylation is 1. The quantitative estimate of drug-likeness (QED) is 0.700. The molecule has 0 aliphatic carbocycles. The number of aromatic nitrogens is 5. The third kappa shape index (κ3) is 3.75. The molecule has 0 bridgehead atoms. The maximum atomic E-state index is 13.5. The van der Waals surface area contributed by atoms with Crippen molar-refractivity contribution in [2.24, 2.45) is 0 Å². The monoisotopic (exact) mass is 406 g/mol. The van der Waals surface area contributed by atoms with Crippen molar-refractivity contribution in [1.29, 1.82) is 0 Å². The molecule has 0 saturated carbocycles. The minimum absolute atomic E-state index is 0.0409. The lowest BCUT2D eigenvalue weighted by Gasteiger charge is -2.25. The van der Waals surface area contributed by atoms with Crippen molar-refractivity contribution in [1.82, 2.24) is 29.7 Å². The SMILES string of the molecule is Cc1cc(C(F)(F)F)n2nc(C3CCCN3Cc3cn[nH]c3C(C)(C)C)cc2n1. The zero-order valence-corrected chi connectivity index (χ0v) is 17.0. The molecule has 0 amide bonds. The van der Waals surface area contributed by atoms with E-state index in [1.807, 2.05) is 6.20 Å². The molecule has 1 saturated heterocycles. The molecule has 4 heterocycles. The number of hydrogen-bond donors (Lipinski definition) is 1. The van der Waals surface area contributed by atoms with Crippen LogP contribution in [0.2, 0.25) is 0 Å². The van der Waals surface area contributed by atoms with Crippen molar-refractivity contribution in [3.8, 4) is 0 Å². The van der Waals surface area contributed by atoms with E-state index in [2.05, 4.69) is 46.0 Å². The minimum atomic E-state index is -4.48. The number of alkyl halides is 3. The summed E-state index contributed by atoms with van der Waals surface area (Å²) in [5.41, 5.74) is 2.53. The van der Waals surface area contributed by atoms with Crippen LogP contribution in [0.25, 0.3) is 5.65 Å². The average Bonchev–Trinajstić information content (AvgIpc) is 3.31. The molecule has 9 heteroatoms. The van der Waals surface area contributed by atoms with Crippen molar-refractivity contribution in [2.75, 3.05) is 6.54 Å². The fraction of sp³-hybridized carbons (Fsp3) is 0.550. The third-order valence-corrected chi connectivity index (χ3v) is 5.41. The summed E-state index contributed by atoms with van der Waals surface area (Å²) in [6.07, 6.45) is -0.817. The van der Waals surface area contributed by atoms with Crippen molar-refractivity contribution >= 4 is 5.65 Å². The molecule has 1 aliphatic rings. The summed E-state index contributed by atoms with van der Waals surface area (Å²) in [7, 11) is 0. The lowest BCUT2D eigenvalue weighted by Crippen LogP contribution is -2.25. The number of likely N-dealkylation sites (tertiary alicyclic amines) is 1. The molecular formula is C20H25F3N6. The van der Waals surface area contributed by atoms with E-state index in [0.717, 1.165) is 41.2 Å². The van der Waals surface area contributed by atoms with Crippen LogP contribution in [0, 0.1) is 6.92 Å². The molecule has 6 nitrogen and oxygen atoms in total. The van der Waals surface area contributed by atoms with Crippen molar-refractivity contribution in [3.05, 3.63) is 46.7 Å². The fourth-order valence-electron chi connectivity index (χ4n) is 4.13. The number of nitrogens with one attached hydrogen (secondary N) is 1. The first-order valence-corrected chi connectivity index (χ1v) is 9.75. The van der Waals surface area contributed by atoms with Gasteiger partial charge in [-0.2, -0.15) is 23.4 Å². The van der Waals surface area contributed by atoms with Crippen molar-refractivity contribution < 1.29 is 13.2 Å². The van der Waals surface area contributed by atoms with E-state index in [-0.39, 0.29) is 17.1 Å². The van der Waals surface area contributed by atoms with Gasteiger partial charge in [-0.3, -0.25) is 10.00 Å². The normalized spacial score (nSPS) is 18.8. The van der Waals surface area contributed by atoms with Gasteiger partial charge in [0.2, 0.25) is 0 Å². The van der Waals surface area contributed by atoms with E-state index in [1.165, 1.54) is 0 Å². The molecule has 0 aromatic carbocycles. The fourth-order valence-corrected chi connectivity index (χ4v) is 4.13. The van der Waals surface area contributed by atoms with Crippen LogP contribution < -0.4 is 0 Å². The third-order valence-electron chi connectivity index (χ3n) is 5.41. The summed E-state index contributed by atoms with van der Waals surface area (Å²) < 4.78 is 41.3. The van der Waals surface area contributed by atoms with Gasteiger partial charge >= 0.3 is 6.18 Å². The smallest absolute Gasteiger partial charge is 0.290 e. The topological polar surface area (TPSA) is 62.1 Å². The van der Waals surface area contributed by atoms with Gasteiger partial charge in [0.15, 0.2) is 5.65 Å². The predicted molar refractivity (Wildman–Crippen MR) is 102 cm³/mol. The van der Waals surface area contributed by atoms with Crippen molar-refractivity contribution in [3.63, 3.8) is 0 Å². The van der Waals surface area contributed by atoms with Crippen LogP contribution in [0.1, 0.15) is 68.0 Å². The Labute approximate surface area is 167 Å². The molecule has 1 N–H and O–H groups in total. The molecule has 4 rings (SSSR count). The lowest BCUT2D eigenvalue weighted by molar-refractivity contribution is -0.142. The summed E-state index contributed by atoms with van der Waals surface area (Å²) in [6.45, 7) is 9.49. The number of fused-ring (bicyclic) bond motifs is 1. The largest absolute Gasteiger partial charge is 0.433 e. The second kappa shape index (κ2) is 6.83. The van der Waals surface area contributed by atoms with Gasteiger partial charge in [-0.05, 0) is 32.4 Å². The highest BCUT2D eigenvalue weighted by Crippen LogP contribution is 2.36. The number of H-pyrrole nitrogens is 1. The molecule has 1 aliphatic heterocycles. The molecule has 3 aromatic rings. The molecule has 1 fully saturated rings. The molecular weight excluding hydrogens is 381 g/mol. The Kier molecular flexibility index (Phi) is 4.68. The zero-order valence-electron chi connectivity index (χ0n) is 17.0. The van der Waals surface area contributed by atoms with Gasteiger partial charge in [0.1, 0.15) is 5.69 Å². The Balaban J connectivity index is 1.68. The number of rotatable bonds is 3. The summed E-state index contributed by atoms with van der Waals surface area (Å²) in [4.78, 5) is 6.52. The molecule has 0 radical (unpaired) electrons. The Bertz CT molecular complexity index is 1030. The summed E-state index contributed by atoms with van der Waals surface area (Å²) in [5.74, 6) is 0. The summed E-state index contributed by atoms with van der Waals surface area (Å²) >= 11 is 0. The van der Waals surface area contributed by atoms with Gasteiger partial charge in [-0.25, -0.2) is 9.50 Å². The maximum Gasteiger partial charge on any atom is 0.433 e. The molecule has 1 unspecified atom stereocenters. The van der Waals surface area contributed by atoms with E-state index in [1.54, 1.807) is 13.0 Å². The Morgan fingerprint density at radius 2 is 1.97 bits per heavy atom. The highest BCUT2D eigenvalue weighted by atomic mass is 19.4. The number of aromatic amines is 1. The minimum Gasteiger partial charge on any atom is -0.290 e. The highest BCUT2D eigenvalue weighted by molar-refractivity contribution is 5.43. The van der Waals surface area contributed by atoms with E-state index < -0.39 is 11.9 Å². The van der Waals surface area contributed by atoms with Crippen LogP contribution in [-0.2, 0) is 18.1 Å². The molecule has 0 spiro atoms. The van der Waals surface area contributed by atoms with Crippen molar-refractivity contribution in [2.45, 2.75) is 64.7 Å². The van der Waals surface area contributed by atoms with E-state index in [9.17, 15) is 13.2 Å². The number of halogens is 3. The molecule has 1 atom stereocenters. The maximum absolute atomic E-state index is 13.5. The van der Waals surface area contributed by atoms with Gasteiger partial charge in [-0.15, -0.1) is 0 Å². The van der Waals surface area contributed by atoms with Crippen LogP contribution in [0.3, 0.4) is 0 Å². The Hall–Kier alpha value is -2.42. The Morgan fingerprint density at radius 1 is 1.21 bits per heavy atom. The van der Waals surface area contributed by atoms with E-state index in [4.69, 9.17) is 0 Å². The first-order chi connectivity index (χ1) is 13.5.